The lowest BCUT2D eigenvalue weighted by Crippen LogP contribution is -2.36. The van der Waals surface area contributed by atoms with Gasteiger partial charge in [0.25, 0.3) is 0 Å². The van der Waals surface area contributed by atoms with Crippen LogP contribution >= 0.6 is 11.3 Å². The van der Waals surface area contributed by atoms with E-state index in [1.807, 2.05) is 39.8 Å². The Balaban J connectivity index is 1.95. The van der Waals surface area contributed by atoms with Crippen LogP contribution in [0.1, 0.15) is 35.0 Å². The average Bonchev–Trinajstić information content (AvgIpc) is 2.98. The maximum Gasteiger partial charge on any atom is 0.243 e. The number of thiazole rings is 1. The van der Waals surface area contributed by atoms with Crippen molar-refractivity contribution in [2.45, 2.75) is 51.7 Å². The lowest BCUT2D eigenvalue weighted by atomic mass is 10.2. The molecular weight excluding hydrogens is 394 g/mol. The summed E-state index contributed by atoms with van der Waals surface area (Å²) in [7, 11) is -0.146. The van der Waals surface area contributed by atoms with E-state index in [0.717, 1.165) is 16.3 Å². The number of guanidine groups is 1. The van der Waals surface area contributed by atoms with Crippen LogP contribution in [0.4, 0.5) is 0 Å². The van der Waals surface area contributed by atoms with Gasteiger partial charge in [0, 0.05) is 31.6 Å². The Hall–Kier alpha value is -1.97. The first-order valence-corrected chi connectivity index (χ1v) is 11.3. The molecule has 7 nitrogen and oxygen atoms in total. The van der Waals surface area contributed by atoms with Crippen molar-refractivity contribution in [2.75, 3.05) is 14.1 Å². The second-order valence-electron chi connectivity index (χ2n) is 6.78. The molecule has 0 atom stereocenters. The highest BCUT2D eigenvalue weighted by atomic mass is 32.2. The van der Waals surface area contributed by atoms with Crippen molar-refractivity contribution >= 4 is 27.3 Å². The molecule has 1 aromatic carbocycles. The number of aromatic nitrogens is 1. The van der Waals surface area contributed by atoms with Crippen LogP contribution in [-0.2, 0) is 23.1 Å². The predicted octanol–water partition coefficient (Wildman–Crippen LogP) is 2.65. The molecule has 9 heteroatoms. The van der Waals surface area contributed by atoms with Gasteiger partial charge in [-0.1, -0.05) is 12.1 Å². The van der Waals surface area contributed by atoms with E-state index in [1.54, 1.807) is 37.6 Å². The molecule has 0 saturated carbocycles. The topological polar surface area (TPSA) is 86.7 Å². The summed E-state index contributed by atoms with van der Waals surface area (Å²) in [5.74, 6) is 0.682. The number of hydrogen-bond donors (Lipinski definition) is 2. The molecule has 1 aromatic heterocycles. The number of nitrogens with zero attached hydrogens (tertiary/aromatic N) is 3. The first kappa shape index (κ1) is 22.3. The molecule has 1 heterocycles. The minimum atomic E-state index is -3.46. The van der Waals surface area contributed by atoms with E-state index in [4.69, 9.17) is 0 Å². The molecule has 2 rings (SSSR count). The minimum absolute atomic E-state index is 0.0910. The Bertz CT molecular complexity index is 918. The summed E-state index contributed by atoms with van der Waals surface area (Å²) in [6, 6.07) is 6.83. The maximum atomic E-state index is 12.5. The Labute approximate surface area is 172 Å². The Morgan fingerprint density at radius 1 is 1.18 bits per heavy atom. The Kier molecular flexibility index (Phi) is 7.56. The van der Waals surface area contributed by atoms with Crippen molar-refractivity contribution in [3.05, 3.63) is 45.4 Å². The quantitative estimate of drug-likeness (QED) is 0.528. The molecule has 154 valence electrons. The van der Waals surface area contributed by atoms with E-state index < -0.39 is 10.0 Å². The zero-order chi connectivity index (χ0) is 20.9. The number of hydrogen-bond acceptors (Lipinski definition) is 5. The molecule has 0 amide bonds. The number of sulfonamides is 1. The third-order valence-electron chi connectivity index (χ3n) is 4.43. The van der Waals surface area contributed by atoms with Crippen LogP contribution in [0.15, 0.2) is 34.2 Å². The third-order valence-corrected chi connectivity index (χ3v) is 7.55. The van der Waals surface area contributed by atoms with Crippen LogP contribution in [0, 0.1) is 13.8 Å². The van der Waals surface area contributed by atoms with Crippen LogP contribution in [0.3, 0.4) is 0 Å². The Morgan fingerprint density at radius 3 is 2.29 bits per heavy atom. The van der Waals surface area contributed by atoms with Crippen LogP contribution < -0.4 is 10.6 Å². The SMILES string of the molecule is CN=C(NCc1ccc(S(=O)(=O)N(C)C(C)C)cc1)NCc1sc(C)nc1C. The fourth-order valence-electron chi connectivity index (χ4n) is 2.53. The fourth-order valence-corrected chi connectivity index (χ4v) is 4.78. The Morgan fingerprint density at radius 2 is 1.79 bits per heavy atom. The molecule has 0 aliphatic rings. The van der Waals surface area contributed by atoms with Gasteiger partial charge < -0.3 is 10.6 Å². The number of aliphatic imine (C=N–C) groups is 1. The van der Waals surface area contributed by atoms with Gasteiger partial charge in [-0.2, -0.15) is 4.31 Å². The van der Waals surface area contributed by atoms with E-state index in [0.29, 0.717) is 23.9 Å². The number of benzene rings is 1. The van der Waals surface area contributed by atoms with E-state index >= 15 is 0 Å². The maximum absolute atomic E-state index is 12.5. The zero-order valence-electron chi connectivity index (χ0n) is 17.3. The molecule has 0 saturated heterocycles. The van der Waals surface area contributed by atoms with Gasteiger partial charge in [0.05, 0.1) is 22.1 Å². The second kappa shape index (κ2) is 9.49. The van der Waals surface area contributed by atoms with Crippen LogP contribution in [0.5, 0.6) is 0 Å². The van der Waals surface area contributed by atoms with Crippen molar-refractivity contribution in [3.8, 4) is 0 Å². The van der Waals surface area contributed by atoms with Gasteiger partial charge in [0.1, 0.15) is 0 Å². The standard InChI is InChI=1S/C19H29N5O2S2/c1-13(2)24(6)28(25,26)17-9-7-16(8-10-17)11-21-19(20-5)22-12-18-14(3)23-15(4)27-18/h7-10,13H,11-12H2,1-6H3,(H2,20,21,22). The number of rotatable bonds is 7. The molecule has 0 aliphatic heterocycles. The zero-order valence-corrected chi connectivity index (χ0v) is 18.9. The van der Waals surface area contributed by atoms with Gasteiger partial charge in [-0.15, -0.1) is 11.3 Å². The summed E-state index contributed by atoms with van der Waals surface area (Å²) < 4.78 is 26.4. The van der Waals surface area contributed by atoms with Gasteiger partial charge >= 0.3 is 0 Å². The lowest BCUT2D eigenvalue weighted by Gasteiger charge is -2.21. The normalized spacial score (nSPS) is 12.6. The van der Waals surface area contributed by atoms with Crippen LogP contribution in [-0.4, -0.2) is 43.8 Å². The number of aryl methyl sites for hydroxylation is 2. The van der Waals surface area contributed by atoms with Crippen molar-refractivity contribution in [2.24, 2.45) is 4.99 Å². The first-order chi connectivity index (χ1) is 13.1. The van der Waals surface area contributed by atoms with Crippen LogP contribution in [0.2, 0.25) is 0 Å². The second-order valence-corrected chi connectivity index (χ2v) is 10.1. The van der Waals surface area contributed by atoms with E-state index in [-0.39, 0.29) is 6.04 Å². The highest BCUT2D eigenvalue weighted by Crippen LogP contribution is 2.18. The smallest absolute Gasteiger partial charge is 0.243 e. The number of nitrogens with one attached hydrogen (secondary N) is 2. The first-order valence-electron chi connectivity index (χ1n) is 9.09. The van der Waals surface area contributed by atoms with E-state index in [2.05, 4.69) is 20.6 Å². The lowest BCUT2D eigenvalue weighted by molar-refractivity contribution is 0.410. The summed E-state index contributed by atoms with van der Waals surface area (Å²) >= 11 is 1.67. The highest BCUT2D eigenvalue weighted by Gasteiger charge is 2.22. The van der Waals surface area contributed by atoms with Gasteiger partial charge in [-0.05, 0) is 45.4 Å². The molecule has 2 aromatic rings. The molecular formula is C19H29N5O2S2. The molecule has 28 heavy (non-hydrogen) atoms. The van der Waals surface area contributed by atoms with Crippen molar-refractivity contribution in [3.63, 3.8) is 0 Å². The largest absolute Gasteiger partial charge is 0.352 e. The van der Waals surface area contributed by atoms with Crippen molar-refractivity contribution in [1.29, 1.82) is 0 Å². The monoisotopic (exact) mass is 423 g/mol. The molecule has 0 radical (unpaired) electrons. The molecule has 0 unspecified atom stereocenters. The van der Waals surface area contributed by atoms with Crippen molar-refractivity contribution in [1.82, 2.24) is 19.9 Å². The van der Waals surface area contributed by atoms with Crippen molar-refractivity contribution < 1.29 is 8.42 Å². The summed E-state index contributed by atoms with van der Waals surface area (Å²) in [4.78, 5) is 10.1. The van der Waals surface area contributed by atoms with Crippen LogP contribution in [0.25, 0.3) is 0 Å². The van der Waals surface area contributed by atoms with E-state index in [9.17, 15) is 8.42 Å². The van der Waals surface area contributed by atoms with Gasteiger partial charge in [0.2, 0.25) is 10.0 Å². The predicted molar refractivity (Wildman–Crippen MR) is 115 cm³/mol. The van der Waals surface area contributed by atoms with Gasteiger partial charge in [-0.3, -0.25) is 4.99 Å². The molecule has 0 bridgehead atoms. The third kappa shape index (κ3) is 5.52. The highest BCUT2D eigenvalue weighted by molar-refractivity contribution is 7.89. The van der Waals surface area contributed by atoms with Gasteiger partial charge in [0.15, 0.2) is 5.96 Å². The summed E-state index contributed by atoms with van der Waals surface area (Å²) in [6.07, 6.45) is 0. The molecule has 0 spiro atoms. The fraction of sp³-hybridized carbons (Fsp3) is 0.474. The summed E-state index contributed by atoms with van der Waals surface area (Å²) in [6.45, 7) is 8.91. The summed E-state index contributed by atoms with van der Waals surface area (Å²) in [5.41, 5.74) is 2.01. The van der Waals surface area contributed by atoms with Gasteiger partial charge in [-0.25, -0.2) is 13.4 Å². The van der Waals surface area contributed by atoms with E-state index in [1.165, 1.54) is 9.18 Å². The summed E-state index contributed by atoms with van der Waals surface area (Å²) in [5, 5.41) is 7.58. The average molecular weight is 424 g/mol. The molecule has 0 fully saturated rings. The molecule has 2 N–H and O–H groups in total. The molecule has 0 aliphatic carbocycles. The minimum Gasteiger partial charge on any atom is -0.352 e.